The first-order chi connectivity index (χ1) is 24.3. The van der Waals surface area contributed by atoms with Crippen molar-refractivity contribution in [3.8, 4) is 22.6 Å². The van der Waals surface area contributed by atoms with Crippen molar-refractivity contribution in [2.45, 2.75) is 0 Å². The molecule has 49 heavy (non-hydrogen) atoms. The second-order valence-corrected chi connectivity index (χ2v) is 15.0. The van der Waals surface area contributed by atoms with E-state index in [1.807, 2.05) is 11.3 Å². The van der Waals surface area contributed by atoms with Crippen LogP contribution in [0.4, 0.5) is 0 Å². The summed E-state index contributed by atoms with van der Waals surface area (Å²) in [4.78, 5) is 10.5. The molecule has 0 aliphatic carbocycles. The van der Waals surface area contributed by atoms with Crippen LogP contribution < -0.4 is 0 Å². The molecule has 0 spiro atoms. The lowest BCUT2D eigenvalue weighted by atomic mass is 10.0. The largest absolute Gasteiger partial charge is 0.307 e. The Morgan fingerprint density at radius 2 is 1.14 bits per heavy atom. The summed E-state index contributed by atoms with van der Waals surface area (Å²) in [6.07, 6.45) is 0. The van der Waals surface area contributed by atoms with E-state index in [9.17, 15) is 0 Å². The van der Waals surface area contributed by atoms with E-state index in [1.54, 1.807) is 11.3 Å². The van der Waals surface area contributed by atoms with Gasteiger partial charge in [0.25, 0.3) is 0 Å². The van der Waals surface area contributed by atoms with Crippen LogP contribution in [0.3, 0.4) is 0 Å². The number of benzene rings is 7. The Hall–Kier alpha value is -5.88. The van der Waals surface area contributed by atoms with Crippen molar-refractivity contribution < 1.29 is 0 Å². The monoisotopic (exact) mass is 657 g/mol. The van der Waals surface area contributed by atoms with E-state index in [0.717, 1.165) is 32.9 Å². The van der Waals surface area contributed by atoms with Crippen molar-refractivity contribution in [3.63, 3.8) is 0 Å². The first-order valence-electron chi connectivity index (χ1n) is 16.5. The molecule has 5 heteroatoms. The Morgan fingerprint density at radius 3 is 2.04 bits per heavy atom. The maximum absolute atomic E-state index is 5.27. The van der Waals surface area contributed by atoms with E-state index in [1.165, 1.54) is 79.1 Å². The van der Waals surface area contributed by atoms with E-state index in [2.05, 4.69) is 144 Å². The van der Waals surface area contributed by atoms with Crippen LogP contribution >= 0.6 is 22.7 Å². The van der Waals surface area contributed by atoms with Gasteiger partial charge in [-0.05, 0) is 35.7 Å². The molecule has 0 radical (unpaired) electrons. The van der Waals surface area contributed by atoms with E-state index >= 15 is 0 Å². The first kappa shape index (κ1) is 26.1. The lowest BCUT2D eigenvalue weighted by Gasteiger charge is -2.07. The van der Waals surface area contributed by atoms with E-state index in [-0.39, 0.29) is 0 Å². The quantitative estimate of drug-likeness (QED) is 0.185. The summed E-state index contributed by atoms with van der Waals surface area (Å²) in [7, 11) is 0. The van der Waals surface area contributed by atoms with Gasteiger partial charge >= 0.3 is 0 Å². The molecular formula is C44H23N3S2. The third-order valence-electron chi connectivity index (χ3n) is 10.3. The Bertz CT molecular complexity index is 3330. The number of rotatable bonds is 2. The van der Waals surface area contributed by atoms with Crippen LogP contribution in [0, 0.1) is 0 Å². The maximum Gasteiger partial charge on any atom is 0.160 e. The number of hydrogen-bond acceptors (Lipinski definition) is 4. The van der Waals surface area contributed by atoms with E-state index in [0.29, 0.717) is 0 Å². The molecule has 0 aliphatic heterocycles. The van der Waals surface area contributed by atoms with Crippen molar-refractivity contribution >= 4 is 112 Å². The molecule has 0 unspecified atom stereocenters. The molecule has 0 fully saturated rings. The van der Waals surface area contributed by atoms with Crippen molar-refractivity contribution in [2.75, 3.05) is 0 Å². The molecule has 0 amide bonds. The van der Waals surface area contributed by atoms with Gasteiger partial charge in [0.15, 0.2) is 5.82 Å². The predicted molar refractivity (Wildman–Crippen MR) is 211 cm³/mol. The predicted octanol–water partition coefficient (Wildman–Crippen LogP) is 12.8. The molecule has 226 valence electrons. The van der Waals surface area contributed by atoms with Crippen LogP contribution in [0.5, 0.6) is 0 Å². The van der Waals surface area contributed by atoms with Gasteiger partial charge in [-0.15, -0.1) is 22.7 Å². The third kappa shape index (κ3) is 3.40. The summed E-state index contributed by atoms with van der Waals surface area (Å²) in [6, 6.07) is 50.7. The molecule has 7 aromatic carbocycles. The van der Waals surface area contributed by atoms with Crippen LogP contribution in [0.1, 0.15) is 0 Å². The lowest BCUT2D eigenvalue weighted by molar-refractivity contribution is 1.24. The minimum Gasteiger partial charge on any atom is -0.307 e. The normalized spacial score (nSPS) is 12.5. The van der Waals surface area contributed by atoms with E-state index < -0.39 is 0 Å². The summed E-state index contributed by atoms with van der Waals surface area (Å²) in [5.74, 6) is 0.759. The van der Waals surface area contributed by atoms with Crippen LogP contribution in [0.2, 0.25) is 0 Å². The van der Waals surface area contributed by atoms with Gasteiger partial charge in [-0.25, -0.2) is 9.97 Å². The molecule has 12 rings (SSSR count). The van der Waals surface area contributed by atoms with Gasteiger partial charge in [0.1, 0.15) is 0 Å². The summed E-state index contributed by atoms with van der Waals surface area (Å²) in [6.45, 7) is 0. The first-order valence-corrected chi connectivity index (χ1v) is 18.1. The second-order valence-electron chi connectivity index (χ2n) is 12.9. The SMILES string of the molecule is c1ccc(-c2nc(-c3ccc4sc5c(ccc6ccc7c8cccc9c%10ccccc%10n(c98)c7c65)c4c3)nc3c2sc2ccccc23)cc1. The number of fused-ring (bicyclic) bond motifs is 15. The average molecular weight is 658 g/mol. The summed E-state index contributed by atoms with van der Waals surface area (Å²) in [5, 5.41) is 11.5. The Labute approximate surface area is 287 Å². The molecule has 0 atom stereocenters. The minimum atomic E-state index is 0.759. The fourth-order valence-corrected chi connectivity index (χ4v) is 10.6. The van der Waals surface area contributed by atoms with Crippen LogP contribution in [-0.4, -0.2) is 14.4 Å². The molecule has 5 aromatic heterocycles. The zero-order valence-corrected chi connectivity index (χ0v) is 27.6. The number of nitrogens with zero attached hydrogens (tertiary/aromatic N) is 3. The number of thiophene rings is 2. The van der Waals surface area contributed by atoms with Gasteiger partial charge in [-0.1, -0.05) is 109 Å². The zero-order chi connectivity index (χ0) is 31.8. The van der Waals surface area contributed by atoms with Crippen LogP contribution in [0.25, 0.3) is 112 Å². The van der Waals surface area contributed by atoms with Crippen LogP contribution in [-0.2, 0) is 0 Å². The molecule has 5 heterocycles. The highest BCUT2D eigenvalue weighted by Gasteiger charge is 2.21. The van der Waals surface area contributed by atoms with Gasteiger partial charge < -0.3 is 4.40 Å². The number of aromatic nitrogens is 3. The molecular weight excluding hydrogens is 635 g/mol. The highest BCUT2D eigenvalue weighted by Crippen LogP contribution is 2.47. The fraction of sp³-hybridized carbons (Fsp3) is 0. The van der Waals surface area contributed by atoms with Gasteiger partial charge in [0, 0.05) is 68.3 Å². The van der Waals surface area contributed by atoms with E-state index in [4.69, 9.17) is 9.97 Å². The fourth-order valence-electron chi connectivity index (χ4n) is 8.19. The molecule has 0 N–H and O–H groups in total. The minimum absolute atomic E-state index is 0.759. The van der Waals surface area contributed by atoms with Crippen molar-refractivity contribution in [2.24, 2.45) is 0 Å². The number of hydrogen-bond donors (Lipinski definition) is 0. The molecule has 0 saturated carbocycles. The van der Waals surface area contributed by atoms with Gasteiger partial charge in [0.05, 0.1) is 32.5 Å². The lowest BCUT2D eigenvalue weighted by Crippen LogP contribution is -1.93. The van der Waals surface area contributed by atoms with Gasteiger partial charge in [-0.2, -0.15) is 0 Å². The average Bonchev–Trinajstić information content (AvgIpc) is 3.91. The Morgan fingerprint density at radius 1 is 0.449 bits per heavy atom. The smallest absolute Gasteiger partial charge is 0.160 e. The van der Waals surface area contributed by atoms with Crippen molar-refractivity contribution in [1.82, 2.24) is 14.4 Å². The third-order valence-corrected chi connectivity index (χ3v) is 12.7. The Balaban J connectivity index is 1.16. The maximum atomic E-state index is 5.27. The highest BCUT2D eigenvalue weighted by atomic mass is 32.1. The standard InChI is InChI=1S/C44H23N3S2/c1-2-9-25(10-3-1)38-43-39(32-12-5-7-16-35(32)49-43)46-44(45-38)26-19-22-36-33(23-26)31-21-18-24-17-20-30-29-14-8-13-28-27-11-4-6-15-34(27)47(40(28)29)41(30)37(24)42(31)48-36/h1-23H. The highest BCUT2D eigenvalue weighted by molar-refractivity contribution is 7.27. The summed E-state index contributed by atoms with van der Waals surface area (Å²) >= 11 is 3.66. The molecule has 0 bridgehead atoms. The second kappa shape index (κ2) is 9.38. The summed E-state index contributed by atoms with van der Waals surface area (Å²) < 4.78 is 7.48. The van der Waals surface area contributed by atoms with Gasteiger partial charge in [0.2, 0.25) is 0 Å². The van der Waals surface area contributed by atoms with Gasteiger partial charge in [-0.3, -0.25) is 0 Å². The van der Waals surface area contributed by atoms with Crippen molar-refractivity contribution in [1.29, 1.82) is 0 Å². The summed E-state index contributed by atoms with van der Waals surface area (Å²) in [5.41, 5.74) is 8.03. The molecule has 0 aliphatic rings. The van der Waals surface area contributed by atoms with Crippen molar-refractivity contribution in [3.05, 3.63) is 140 Å². The number of para-hydroxylation sites is 2. The topological polar surface area (TPSA) is 30.2 Å². The molecule has 3 nitrogen and oxygen atoms in total. The molecule has 0 saturated heterocycles. The zero-order valence-electron chi connectivity index (χ0n) is 25.9. The van der Waals surface area contributed by atoms with Crippen LogP contribution in [0.15, 0.2) is 140 Å². The molecule has 12 aromatic rings. The Kier molecular flexibility index (Phi) is 5.00.